The summed E-state index contributed by atoms with van der Waals surface area (Å²) in [6.45, 7) is 1.75. The topological polar surface area (TPSA) is 63.4 Å². The van der Waals surface area contributed by atoms with Crippen LogP contribution in [0.1, 0.15) is 5.56 Å². The van der Waals surface area contributed by atoms with E-state index in [4.69, 9.17) is 11.6 Å². The molecule has 92 valence electrons. The van der Waals surface area contributed by atoms with E-state index in [0.29, 0.717) is 5.56 Å². The average molecular weight is 264 g/mol. The summed E-state index contributed by atoms with van der Waals surface area (Å²) in [5, 5.41) is 20.4. The largest absolute Gasteiger partial charge is 0.506 e. The summed E-state index contributed by atoms with van der Waals surface area (Å²) in [5.74, 6) is 0.0577. The molecule has 0 aliphatic carbocycles. The van der Waals surface area contributed by atoms with Crippen molar-refractivity contribution in [2.75, 3.05) is 0 Å². The Morgan fingerprint density at radius 3 is 2.28 bits per heavy atom. The van der Waals surface area contributed by atoms with Crippen LogP contribution in [-0.2, 0) is 0 Å². The third-order valence-corrected chi connectivity index (χ3v) is 2.95. The number of nitro benzene ring substituents is 1. The fraction of sp³-hybridized carbons (Fsp3) is 0.0769. The summed E-state index contributed by atoms with van der Waals surface area (Å²) in [6, 6.07) is 9.59. The predicted molar refractivity (Wildman–Crippen MR) is 69.9 cm³/mol. The highest BCUT2D eigenvalue weighted by Crippen LogP contribution is 2.33. The van der Waals surface area contributed by atoms with Crippen LogP contribution in [0.15, 0.2) is 36.4 Å². The first-order valence-electron chi connectivity index (χ1n) is 5.23. The molecule has 0 fully saturated rings. The Bertz CT molecular complexity index is 585. The number of halogens is 1. The standard InChI is InChI=1S/C13H10ClNO3/c1-8-6-10(7-12(14)13(8)16)9-2-4-11(5-3-9)15(17)18/h2-7,16H,1H3. The molecule has 4 nitrogen and oxygen atoms in total. The van der Waals surface area contributed by atoms with Crippen molar-refractivity contribution in [2.24, 2.45) is 0 Å². The van der Waals surface area contributed by atoms with E-state index >= 15 is 0 Å². The number of hydrogen-bond donors (Lipinski definition) is 1. The van der Waals surface area contributed by atoms with Crippen molar-refractivity contribution < 1.29 is 10.0 Å². The molecule has 0 amide bonds. The number of hydrogen-bond acceptors (Lipinski definition) is 3. The van der Waals surface area contributed by atoms with Crippen molar-refractivity contribution in [2.45, 2.75) is 6.92 Å². The summed E-state index contributed by atoms with van der Waals surface area (Å²) in [6.07, 6.45) is 0. The van der Waals surface area contributed by atoms with E-state index in [2.05, 4.69) is 0 Å². The molecule has 0 unspecified atom stereocenters. The molecule has 2 rings (SSSR count). The van der Waals surface area contributed by atoms with Crippen LogP contribution in [0.2, 0.25) is 5.02 Å². The fourth-order valence-corrected chi connectivity index (χ4v) is 1.95. The Morgan fingerprint density at radius 1 is 1.17 bits per heavy atom. The lowest BCUT2D eigenvalue weighted by atomic mass is 10.0. The highest BCUT2D eigenvalue weighted by molar-refractivity contribution is 6.32. The second-order valence-corrected chi connectivity index (χ2v) is 4.33. The first-order chi connectivity index (χ1) is 8.49. The summed E-state index contributed by atoms with van der Waals surface area (Å²) in [7, 11) is 0. The highest BCUT2D eigenvalue weighted by atomic mass is 35.5. The van der Waals surface area contributed by atoms with Crippen LogP contribution in [-0.4, -0.2) is 10.0 Å². The zero-order valence-electron chi connectivity index (χ0n) is 9.55. The van der Waals surface area contributed by atoms with Crippen molar-refractivity contribution >= 4 is 17.3 Å². The van der Waals surface area contributed by atoms with Gasteiger partial charge in [0.1, 0.15) is 5.75 Å². The van der Waals surface area contributed by atoms with Crippen LogP contribution < -0.4 is 0 Å². The minimum absolute atomic E-state index is 0.0420. The van der Waals surface area contributed by atoms with E-state index < -0.39 is 4.92 Å². The summed E-state index contributed by atoms with van der Waals surface area (Å²) < 4.78 is 0. The smallest absolute Gasteiger partial charge is 0.269 e. The van der Waals surface area contributed by atoms with Gasteiger partial charge in [-0.1, -0.05) is 11.6 Å². The molecular weight excluding hydrogens is 254 g/mol. The number of phenolic OH excluding ortho intramolecular Hbond substituents is 1. The summed E-state index contributed by atoms with van der Waals surface area (Å²) in [4.78, 5) is 10.1. The minimum atomic E-state index is -0.446. The van der Waals surface area contributed by atoms with Crippen LogP contribution in [0, 0.1) is 17.0 Å². The van der Waals surface area contributed by atoms with E-state index in [1.54, 1.807) is 31.2 Å². The number of aromatic hydroxyl groups is 1. The molecular formula is C13H10ClNO3. The number of nitro groups is 1. The molecule has 0 spiro atoms. The lowest BCUT2D eigenvalue weighted by molar-refractivity contribution is -0.384. The third-order valence-electron chi connectivity index (χ3n) is 2.67. The van der Waals surface area contributed by atoms with Crippen molar-refractivity contribution in [1.82, 2.24) is 0 Å². The minimum Gasteiger partial charge on any atom is -0.506 e. The second-order valence-electron chi connectivity index (χ2n) is 3.93. The van der Waals surface area contributed by atoms with Gasteiger partial charge in [-0.25, -0.2) is 0 Å². The quantitative estimate of drug-likeness (QED) is 0.659. The predicted octanol–water partition coefficient (Wildman–Crippen LogP) is 3.93. The highest BCUT2D eigenvalue weighted by Gasteiger charge is 2.08. The number of phenols is 1. The maximum absolute atomic E-state index is 10.6. The fourth-order valence-electron chi connectivity index (χ4n) is 1.68. The normalized spacial score (nSPS) is 10.3. The van der Waals surface area contributed by atoms with Crippen molar-refractivity contribution in [3.8, 4) is 16.9 Å². The van der Waals surface area contributed by atoms with Gasteiger partial charge in [0.15, 0.2) is 0 Å². The third kappa shape index (κ3) is 2.28. The molecule has 0 radical (unpaired) electrons. The molecule has 2 aromatic rings. The maximum Gasteiger partial charge on any atom is 0.269 e. The van der Waals surface area contributed by atoms with Crippen molar-refractivity contribution in [3.05, 3.63) is 57.1 Å². The maximum atomic E-state index is 10.6. The molecule has 18 heavy (non-hydrogen) atoms. The number of non-ortho nitro benzene ring substituents is 1. The molecule has 0 aromatic heterocycles. The Hall–Kier alpha value is -2.07. The van der Waals surface area contributed by atoms with Gasteiger partial charge < -0.3 is 5.11 Å². The Balaban J connectivity index is 2.46. The van der Waals surface area contributed by atoms with E-state index in [1.807, 2.05) is 0 Å². The van der Waals surface area contributed by atoms with Crippen molar-refractivity contribution in [1.29, 1.82) is 0 Å². The molecule has 2 aromatic carbocycles. The van der Waals surface area contributed by atoms with Gasteiger partial charge in [0.25, 0.3) is 5.69 Å². The Kier molecular flexibility index (Phi) is 3.21. The first-order valence-corrected chi connectivity index (χ1v) is 5.61. The van der Waals surface area contributed by atoms with E-state index in [9.17, 15) is 15.2 Å². The van der Waals surface area contributed by atoms with Gasteiger partial charge in [-0.2, -0.15) is 0 Å². The molecule has 0 aliphatic rings. The summed E-state index contributed by atoms with van der Waals surface area (Å²) >= 11 is 5.89. The lowest BCUT2D eigenvalue weighted by Crippen LogP contribution is -1.87. The van der Waals surface area contributed by atoms with E-state index in [1.165, 1.54) is 12.1 Å². The van der Waals surface area contributed by atoms with Crippen LogP contribution >= 0.6 is 11.6 Å². The molecule has 0 saturated heterocycles. The number of rotatable bonds is 2. The van der Waals surface area contributed by atoms with Crippen molar-refractivity contribution in [3.63, 3.8) is 0 Å². The van der Waals surface area contributed by atoms with Crippen LogP contribution in [0.3, 0.4) is 0 Å². The molecule has 0 bridgehead atoms. The molecule has 0 heterocycles. The zero-order chi connectivity index (χ0) is 13.3. The van der Waals surface area contributed by atoms with Crippen LogP contribution in [0.25, 0.3) is 11.1 Å². The summed E-state index contributed by atoms with van der Waals surface area (Å²) in [5.41, 5.74) is 2.33. The van der Waals surface area contributed by atoms with Gasteiger partial charge in [0.05, 0.1) is 9.95 Å². The molecule has 1 N–H and O–H groups in total. The molecule has 0 atom stereocenters. The monoisotopic (exact) mass is 263 g/mol. The van der Waals surface area contributed by atoms with Gasteiger partial charge in [-0.15, -0.1) is 0 Å². The Labute approximate surface area is 109 Å². The van der Waals surface area contributed by atoms with Gasteiger partial charge in [0.2, 0.25) is 0 Å². The second kappa shape index (κ2) is 4.66. The molecule has 0 aliphatic heterocycles. The number of aryl methyl sites for hydroxylation is 1. The zero-order valence-corrected chi connectivity index (χ0v) is 10.3. The number of benzene rings is 2. The number of nitrogens with zero attached hydrogens (tertiary/aromatic N) is 1. The van der Waals surface area contributed by atoms with Gasteiger partial charge >= 0.3 is 0 Å². The van der Waals surface area contributed by atoms with Gasteiger partial charge in [-0.05, 0) is 47.9 Å². The first kappa shape index (κ1) is 12.4. The van der Waals surface area contributed by atoms with Gasteiger partial charge in [-0.3, -0.25) is 10.1 Å². The van der Waals surface area contributed by atoms with Gasteiger partial charge in [0, 0.05) is 12.1 Å². The Morgan fingerprint density at radius 2 is 1.78 bits per heavy atom. The van der Waals surface area contributed by atoms with Crippen LogP contribution in [0.4, 0.5) is 5.69 Å². The van der Waals surface area contributed by atoms with E-state index in [-0.39, 0.29) is 16.5 Å². The average Bonchev–Trinajstić information content (AvgIpc) is 2.35. The lowest BCUT2D eigenvalue weighted by Gasteiger charge is -2.06. The van der Waals surface area contributed by atoms with Crippen LogP contribution in [0.5, 0.6) is 5.75 Å². The molecule has 5 heteroatoms. The SMILES string of the molecule is Cc1cc(-c2ccc([N+](=O)[O-])cc2)cc(Cl)c1O. The molecule has 0 saturated carbocycles. The van der Waals surface area contributed by atoms with E-state index in [0.717, 1.165) is 11.1 Å².